The van der Waals surface area contributed by atoms with Gasteiger partial charge in [-0.25, -0.2) is 0 Å². The Kier molecular flexibility index (Phi) is 12.2. The third-order valence-corrected chi connectivity index (χ3v) is 12.4. The Labute approximate surface area is 246 Å². The van der Waals surface area contributed by atoms with E-state index >= 15 is 0 Å². The molecule has 0 saturated carbocycles. The first-order chi connectivity index (χ1) is 18.6. The molecule has 4 rings (SSSR count). The standard InChI is InChI=1S/C27H36N3O6P3.Fe/c31-37(32,25-10-4-1-5-11-25)22-28-16-18-29(23-38(33,34)26-12-6-2-7-13-26)20-21-30(19-17-28)24-39(35,36)27-14-8-3-9-15-27;/h1-15H,16-24H2,(H,31,32)(H,33,34)(H,35,36);/q;+6/p-2. The van der Waals surface area contributed by atoms with E-state index < -0.39 is 22.1 Å². The van der Waals surface area contributed by atoms with E-state index in [0.29, 0.717) is 44.6 Å². The molecule has 1 aliphatic heterocycles. The van der Waals surface area contributed by atoms with E-state index in [1.165, 1.54) is 0 Å². The van der Waals surface area contributed by atoms with Crippen molar-refractivity contribution in [1.82, 2.24) is 14.7 Å². The van der Waals surface area contributed by atoms with E-state index in [0.717, 1.165) is 0 Å². The number of benzene rings is 3. The van der Waals surface area contributed by atoms with Crippen LogP contribution in [0.5, 0.6) is 0 Å². The fraction of sp³-hybridized carbons (Fsp3) is 0.333. The predicted octanol–water partition coefficient (Wildman–Crippen LogP) is 1.30. The average Bonchev–Trinajstić information content (AvgIpc) is 3.01. The maximum Gasteiger partial charge on any atom is 6.00 e. The zero-order valence-corrected chi connectivity index (χ0v) is 25.8. The maximum absolute atomic E-state index is 13.3. The molecule has 9 nitrogen and oxygen atoms in total. The third kappa shape index (κ3) is 9.32. The molecule has 13 heteroatoms. The van der Waals surface area contributed by atoms with E-state index in [1.807, 2.05) is 4.90 Å². The van der Waals surface area contributed by atoms with Crippen LogP contribution >= 0.6 is 22.1 Å². The minimum absolute atomic E-state index is 0. The predicted molar refractivity (Wildman–Crippen MR) is 153 cm³/mol. The van der Waals surface area contributed by atoms with Gasteiger partial charge in [-0.2, -0.15) is 0 Å². The van der Waals surface area contributed by atoms with Crippen LogP contribution in [-0.2, 0) is 30.8 Å². The van der Waals surface area contributed by atoms with Crippen molar-refractivity contribution in [2.45, 2.75) is 0 Å². The van der Waals surface area contributed by atoms with Crippen molar-refractivity contribution in [3.8, 4) is 0 Å². The van der Waals surface area contributed by atoms with E-state index in [2.05, 4.69) is 0 Å². The van der Waals surface area contributed by atoms with Crippen molar-refractivity contribution >= 4 is 38.0 Å². The first-order valence-corrected chi connectivity index (χ1v) is 18.3. The molecule has 0 aromatic heterocycles. The van der Waals surface area contributed by atoms with Gasteiger partial charge in [0, 0.05) is 57.1 Å². The first kappa shape index (κ1) is 33.1. The summed E-state index contributed by atoms with van der Waals surface area (Å²) in [5.41, 5.74) is 0. The summed E-state index contributed by atoms with van der Waals surface area (Å²) in [6.45, 7) is 2.14. The Hall–Kier alpha value is -1.37. The molecule has 1 saturated heterocycles. The van der Waals surface area contributed by atoms with Gasteiger partial charge in [-0.05, 0) is 22.7 Å². The average molecular weight is 645 g/mol. The summed E-state index contributed by atoms with van der Waals surface area (Å²) in [6.07, 6.45) is -0.524. The van der Waals surface area contributed by atoms with Crippen LogP contribution in [0.2, 0.25) is 0 Å². The minimum atomic E-state index is -3.96. The van der Waals surface area contributed by atoms with Crippen LogP contribution in [0.15, 0.2) is 91.0 Å². The molecule has 0 bridgehead atoms. The van der Waals surface area contributed by atoms with Gasteiger partial charge in [0.1, 0.15) is 0 Å². The van der Waals surface area contributed by atoms with E-state index in [1.54, 1.807) is 101 Å². The zero-order valence-electron chi connectivity index (χ0n) is 22.0. The van der Waals surface area contributed by atoms with Gasteiger partial charge in [0.15, 0.2) is 0 Å². The van der Waals surface area contributed by atoms with Gasteiger partial charge in [-0.1, -0.05) is 78.9 Å². The smallest absolute Gasteiger partial charge is 0.795 e. The Morgan fingerprint density at radius 2 is 0.800 bits per heavy atom. The molecule has 3 atom stereocenters. The van der Waals surface area contributed by atoms with Crippen molar-refractivity contribution in [2.75, 3.05) is 58.1 Å². The molecule has 1 fully saturated rings. The molecule has 1 heterocycles. The SMILES string of the molecule is O=P([O-])(CN1CCN(CP(=O)([O-])c2ccccc2)CCN(CP(=O)(O)c2ccccc2)CC1)c1ccccc1.[Fe+6]. The third-order valence-electron chi connectivity index (χ3n) is 6.82. The van der Waals surface area contributed by atoms with E-state index in [4.69, 9.17) is 0 Å². The molecule has 40 heavy (non-hydrogen) atoms. The second-order valence-corrected chi connectivity index (χ2v) is 16.3. The summed E-state index contributed by atoms with van der Waals surface area (Å²) >= 11 is 0. The van der Waals surface area contributed by atoms with Crippen molar-refractivity contribution in [3.63, 3.8) is 0 Å². The Bertz CT molecular complexity index is 1180. The van der Waals surface area contributed by atoms with Crippen molar-refractivity contribution in [2.24, 2.45) is 0 Å². The molecule has 1 N–H and O–H groups in total. The van der Waals surface area contributed by atoms with Crippen LogP contribution in [0, 0.1) is 0 Å². The van der Waals surface area contributed by atoms with Gasteiger partial charge < -0.3 is 23.8 Å². The normalized spacial score (nSPS) is 20.5. The molecule has 3 unspecified atom stereocenters. The molecule has 0 spiro atoms. The second-order valence-electron chi connectivity index (χ2n) is 9.83. The molecular weight excluding hydrogens is 611 g/mol. The Morgan fingerprint density at radius 3 is 1.12 bits per heavy atom. The van der Waals surface area contributed by atoms with Crippen molar-refractivity contribution < 1.29 is 45.4 Å². The zero-order chi connectivity index (χ0) is 27.9. The molecular formula is C27H34FeN3O6P3+4. The van der Waals surface area contributed by atoms with Crippen LogP contribution in [-0.4, -0.2) is 77.7 Å². The Balaban J connectivity index is 0.00000441. The van der Waals surface area contributed by atoms with E-state index in [-0.39, 0.29) is 46.5 Å². The summed E-state index contributed by atoms with van der Waals surface area (Å²) < 4.78 is 39.6. The van der Waals surface area contributed by atoms with Gasteiger partial charge in [0.05, 0.1) is 21.0 Å². The fourth-order valence-corrected chi connectivity index (χ4v) is 9.45. The first-order valence-electron chi connectivity index (χ1n) is 12.8. The van der Waals surface area contributed by atoms with Crippen LogP contribution in [0.3, 0.4) is 0 Å². The van der Waals surface area contributed by atoms with Crippen LogP contribution in [0.25, 0.3) is 0 Å². The van der Waals surface area contributed by atoms with Crippen LogP contribution in [0.4, 0.5) is 0 Å². The van der Waals surface area contributed by atoms with Crippen LogP contribution < -0.4 is 25.7 Å². The monoisotopic (exact) mass is 645 g/mol. The molecule has 3 aromatic rings. The molecule has 0 amide bonds. The number of nitrogens with zero attached hydrogens (tertiary/aromatic N) is 3. The quantitative estimate of drug-likeness (QED) is 0.271. The van der Waals surface area contributed by atoms with Gasteiger partial charge >= 0.3 is 17.1 Å². The second kappa shape index (κ2) is 14.7. The van der Waals surface area contributed by atoms with Gasteiger partial charge in [0.25, 0.3) is 0 Å². The van der Waals surface area contributed by atoms with Crippen molar-refractivity contribution in [3.05, 3.63) is 91.0 Å². The summed E-state index contributed by atoms with van der Waals surface area (Å²) in [5.74, 6) is 0. The molecule has 1 aliphatic rings. The molecule has 0 aliphatic carbocycles. The fourth-order valence-electron chi connectivity index (χ4n) is 4.62. The van der Waals surface area contributed by atoms with Gasteiger partial charge in [-0.3, -0.25) is 19.3 Å². The summed E-state index contributed by atoms with van der Waals surface area (Å²) in [7, 11) is -11.6. The van der Waals surface area contributed by atoms with Crippen LogP contribution in [0.1, 0.15) is 0 Å². The number of hydrogen-bond donors (Lipinski definition) is 1. The number of hydrogen-bond acceptors (Lipinski definition) is 8. The summed E-state index contributed by atoms with van der Waals surface area (Å²) in [5, 5.41) is 0.839. The maximum atomic E-state index is 13.3. The van der Waals surface area contributed by atoms with Crippen molar-refractivity contribution in [1.29, 1.82) is 0 Å². The molecule has 212 valence electrons. The minimum Gasteiger partial charge on any atom is -0.795 e. The molecule has 0 radical (unpaired) electrons. The Morgan fingerprint density at radius 1 is 0.525 bits per heavy atom. The number of rotatable bonds is 9. The summed E-state index contributed by atoms with van der Waals surface area (Å²) in [6, 6.07) is 25.0. The van der Waals surface area contributed by atoms with E-state index in [9.17, 15) is 28.4 Å². The topological polar surface area (TPSA) is 127 Å². The molecule has 3 aromatic carbocycles. The summed E-state index contributed by atoms with van der Waals surface area (Å²) in [4.78, 5) is 42.6. The van der Waals surface area contributed by atoms with Gasteiger partial charge in [0.2, 0.25) is 7.37 Å². The van der Waals surface area contributed by atoms with Gasteiger partial charge in [-0.15, -0.1) is 0 Å². The largest absolute Gasteiger partial charge is 6.00 e.